The Hall–Kier alpha value is -6.40. The van der Waals surface area contributed by atoms with Gasteiger partial charge in [0.1, 0.15) is 23.5 Å². The molecule has 262 valence electrons. The maximum Gasteiger partial charge on any atom is 0.137 e. The van der Waals surface area contributed by atoms with Crippen LogP contribution >= 0.6 is 11.3 Å². The van der Waals surface area contributed by atoms with Gasteiger partial charge in [0, 0.05) is 59.2 Å². The van der Waals surface area contributed by atoms with Crippen molar-refractivity contribution in [2.75, 3.05) is 4.90 Å². The molecule has 1 aliphatic heterocycles. The number of rotatable bonds is 5. The molecule has 5 heteroatoms. The monoisotopic (exact) mass is 725 g/mol. The van der Waals surface area contributed by atoms with Crippen LogP contribution in [0.25, 0.3) is 80.7 Å². The Labute approximate surface area is 321 Å². The summed E-state index contributed by atoms with van der Waals surface area (Å²) in [6, 6.07) is 55.1. The molecule has 12 rings (SSSR count). The van der Waals surface area contributed by atoms with E-state index in [0.29, 0.717) is 0 Å². The Bertz CT molecular complexity index is 3160. The lowest BCUT2D eigenvalue weighted by Gasteiger charge is -2.52. The predicted octanol–water partition coefficient (Wildman–Crippen LogP) is 13.4. The molecule has 1 N–H and O–H groups in total. The third-order valence-corrected chi connectivity index (χ3v) is 12.8. The van der Waals surface area contributed by atoms with Gasteiger partial charge in [-0.05, 0) is 89.7 Å². The molecule has 55 heavy (non-hydrogen) atoms. The minimum Gasteiger partial charge on any atom is -0.456 e. The molecule has 2 aliphatic rings. The normalized spacial score (nSPS) is 17.2. The van der Waals surface area contributed by atoms with E-state index in [4.69, 9.17) is 4.42 Å². The standard InChI is InChI=1S/C50H35N3OS/c1-3-13-31(14-4-1)49-51-50(53(49)33-15-5-2-6-16-33)40-20-12-24-45-48(40)39-27-25-32(29-46(39)55-45)35-19-11-23-43-47(35)38-28-26-34(30-44(38)54-43)52-41-21-9-7-17-36(41)37-18-8-10-22-42(37)52/h2-3,5-30,49-51H,1,4H2. The zero-order chi connectivity index (χ0) is 36.0. The molecule has 1 saturated heterocycles. The summed E-state index contributed by atoms with van der Waals surface area (Å²) < 4.78 is 11.6. The van der Waals surface area contributed by atoms with Crippen LogP contribution in [0.3, 0.4) is 0 Å². The van der Waals surface area contributed by atoms with Gasteiger partial charge in [0.05, 0.1) is 11.0 Å². The molecule has 0 amide bonds. The summed E-state index contributed by atoms with van der Waals surface area (Å²) in [5, 5.41) is 11.4. The molecule has 3 aromatic heterocycles. The number of fused-ring (bicyclic) bond motifs is 9. The van der Waals surface area contributed by atoms with E-state index < -0.39 is 0 Å². The first-order chi connectivity index (χ1) is 27.3. The molecule has 10 aromatic rings. The van der Waals surface area contributed by atoms with Gasteiger partial charge in [0.2, 0.25) is 0 Å². The van der Waals surface area contributed by atoms with Gasteiger partial charge in [0.15, 0.2) is 0 Å². The molecule has 4 nitrogen and oxygen atoms in total. The van der Waals surface area contributed by atoms with Crippen molar-refractivity contribution >= 4 is 80.9 Å². The van der Waals surface area contributed by atoms with Crippen LogP contribution in [-0.4, -0.2) is 10.7 Å². The molecule has 0 spiro atoms. The second kappa shape index (κ2) is 12.1. The highest BCUT2D eigenvalue weighted by atomic mass is 32.1. The highest BCUT2D eigenvalue weighted by Crippen LogP contribution is 2.46. The summed E-state index contributed by atoms with van der Waals surface area (Å²) in [5.41, 5.74) is 11.6. The Balaban J connectivity index is 0.962. The summed E-state index contributed by atoms with van der Waals surface area (Å²) in [7, 11) is 0. The number of allylic oxidation sites excluding steroid dienone is 2. The first-order valence-corrected chi connectivity index (χ1v) is 20.0. The second-order valence-electron chi connectivity index (χ2n) is 14.8. The van der Waals surface area contributed by atoms with Crippen LogP contribution < -0.4 is 10.2 Å². The third-order valence-electron chi connectivity index (χ3n) is 11.7. The molecule has 1 fully saturated rings. The number of hydrogen-bond acceptors (Lipinski definition) is 4. The van der Waals surface area contributed by atoms with E-state index in [2.05, 4.69) is 185 Å². The van der Waals surface area contributed by atoms with E-state index in [-0.39, 0.29) is 12.3 Å². The summed E-state index contributed by atoms with van der Waals surface area (Å²) in [6.45, 7) is 0. The van der Waals surface area contributed by atoms with Crippen LogP contribution in [0.4, 0.5) is 5.69 Å². The van der Waals surface area contributed by atoms with E-state index in [9.17, 15) is 0 Å². The summed E-state index contributed by atoms with van der Waals surface area (Å²) in [4.78, 5) is 2.55. The van der Waals surface area contributed by atoms with E-state index in [1.165, 1.54) is 69.9 Å². The van der Waals surface area contributed by atoms with Crippen molar-refractivity contribution in [1.82, 2.24) is 9.88 Å². The fraction of sp³-hybridized carbons (Fsp3) is 0.0800. The Morgan fingerprint density at radius 3 is 2.16 bits per heavy atom. The molecule has 1 aliphatic carbocycles. The fourth-order valence-corrected chi connectivity index (χ4v) is 10.4. The number of benzene rings is 7. The van der Waals surface area contributed by atoms with E-state index in [1.807, 2.05) is 11.3 Å². The maximum absolute atomic E-state index is 6.64. The number of para-hydroxylation sites is 3. The van der Waals surface area contributed by atoms with Crippen LogP contribution in [0, 0.1) is 0 Å². The van der Waals surface area contributed by atoms with Gasteiger partial charge in [-0.2, -0.15) is 0 Å². The van der Waals surface area contributed by atoms with Crippen LogP contribution in [0.1, 0.15) is 24.6 Å². The van der Waals surface area contributed by atoms with Gasteiger partial charge in [-0.3, -0.25) is 5.32 Å². The average Bonchev–Trinajstić information content (AvgIpc) is 3.90. The molecule has 4 heterocycles. The zero-order valence-electron chi connectivity index (χ0n) is 29.9. The van der Waals surface area contributed by atoms with Crippen LogP contribution in [0.2, 0.25) is 0 Å². The molecular formula is C50H35N3OS. The largest absolute Gasteiger partial charge is 0.456 e. The molecule has 0 bridgehead atoms. The van der Waals surface area contributed by atoms with Crippen LogP contribution in [-0.2, 0) is 0 Å². The smallest absolute Gasteiger partial charge is 0.137 e. The number of furan rings is 1. The van der Waals surface area contributed by atoms with Gasteiger partial charge < -0.3 is 13.9 Å². The van der Waals surface area contributed by atoms with Crippen molar-refractivity contribution in [2.24, 2.45) is 0 Å². The molecule has 0 radical (unpaired) electrons. The highest BCUT2D eigenvalue weighted by Gasteiger charge is 2.41. The topological polar surface area (TPSA) is 33.3 Å². The van der Waals surface area contributed by atoms with Gasteiger partial charge in [-0.1, -0.05) is 109 Å². The number of nitrogens with zero attached hydrogens (tertiary/aromatic N) is 2. The second-order valence-corrected chi connectivity index (χ2v) is 15.8. The van der Waals surface area contributed by atoms with Gasteiger partial charge in [-0.25, -0.2) is 0 Å². The summed E-state index contributed by atoms with van der Waals surface area (Å²) in [6.07, 6.45) is 9.42. The average molecular weight is 726 g/mol. The number of hydrogen-bond donors (Lipinski definition) is 1. The summed E-state index contributed by atoms with van der Waals surface area (Å²) >= 11 is 1.88. The molecule has 0 saturated carbocycles. The lowest BCUT2D eigenvalue weighted by atomic mass is 9.93. The van der Waals surface area contributed by atoms with Crippen LogP contribution in [0.5, 0.6) is 0 Å². The lowest BCUT2D eigenvalue weighted by Crippen LogP contribution is -2.64. The molecule has 7 aromatic carbocycles. The van der Waals surface area contributed by atoms with Gasteiger partial charge in [-0.15, -0.1) is 11.3 Å². The third kappa shape index (κ3) is 4.67. The Kier molecular flexibility index (Phi) is 6.79. The van der Waals surface area contributed by atoms with Crippen molar-refractivity contribution < 1.29 is 4.42 Å². The Morgan fingerprint density at radius 2 is 1.35 bits per heavy atom. The first kappa shape index (κ1) is 31.0. The zero-order valence-corrected chi connectivity index (χ0v) is 30.8. The predicted molar refractivity (Wildman–Crippen MR) is 231 cm³/mol. The van der Waals surface area contributed by atoms with Crippen molar-refractivity contribution in [3.05, 3.63) is 181 Å². The van der Waals surface area contributed by atoms with E-state index in [0.717, 1.165) is 40.5 Å². The van der Waals surface area contributed by atoms with Crippen molar-refractivity contribution in [1.29, 1.82) is 0 Å². The number of nitrogens with one attached hydrogen (secondary N) is 1. The quantitative estimate of drug-likeness (QED) is 0.192. The molecular weight excluding hydrogens is 691 g/mol. The Morgan fingerprint density at radius 1 is 0.564 bits per heavy atom. The highest BCUT2D eigenvalue weighted by molar-refractivity contribution is 7.25. The van der Waals surface area contributed by atoms with E-state index >= 15 is 0 Å². The lowest BCUT2D eigenvalue weighted by molar-refractivity contribution is 0.309. The number of thiophene rings is 1. The maximum atomic E-state index is 6.64. The van der Waals surface area contributed by atoms with Gasteiger partial charge in [0.25, 0.3) is 0 Å². The summed E-state index contributed by atoms with van der Waals surface area (Å²) in [5.74, 6) is 0. The minimum absolute atomic E-state index is 0.0725. The van der Waals surface area contributed by atoms with Crippen molar-refractivity contribution in [3.63, 3.8) is 0 Å². The SMILES string of the molecule is C1=CC(C2NC(c3cccc4sc5cc(-c6cccc7oc8cc(-n9c%10ccccc%10c%10ccccc%109)ccc8c67)ccc5c34)N2c2ccccc2)=CCC1. The van der Waals surface area contributed by atoms with Crippen molar-refractivity contribution in [3.8, 4) is 16.8 Å². The minimum atomic E-state index is 0.0725. The fourth-order valence-electron chi connectivity index (χ4n) is 9.25. The molecule has 2 unspecified atom stereocenters. The number of anilines is 1. The van der Waals surface area contributed by atoms with Crippen LogP contribution in [0.15, 0.2) is 180 Å². The van der Waals surface area contributed by atoms with Gasteiger partial charge >= 0.3 is 0 Å². The van der Waals surface area contributed by atoms with E-state index in [1.54, 1.807) is 0 Å². The molecule has 2 atom stereocenters. The number of aromatic nitrogens is 1. The first-order valence-electron chi connectivity index (χ1n) is 19.1. The van der Waals surface area contributed by atoms with Crippen molar-refractivity contribution in [2.45, 2.75) is 25.2 Å².